The van der Waals surface area contributed by atoms with Crippen LogP contribution in [0.4, 0.5) is 0 Å². The van der Waals surface area contributed by atoms with Crippen LogP contribution in [0, 0.1) is 11.3 Å². The van der Waals surface area contributed by atoms with Gasteiger partial charge >= 0.3 is 0 Å². The van der Waals surface area contributed by atoms with E-state index in [4.69, 9.17) is 4.74 Å². The molecule has 1 aliphatic rings. The van der Waals surface area contributed by atoms with Gasteiger partial charge in [0.1, 0.15) is 0 Å². The van der Waals surface area contributed by atoms with E-state index in [0.717, 1.165) is 12.5 Å². The zero-order chi connectivity index (χ0) is 9.78. The fourth-order valence-corrected chi connectivity index (χ4v) is 1.51. The summed E-state index contributed by atoms with van der Waals surface area (Å²) in [6, 6.07) is 0. The Bertz CT molecular complexity index is 120. The van der Waals surface area contributed by atoms with Crippen molar-refractivity contribution in [3.05, 3.63) is 0 Å². The lowest BCUT2D eigenvalue weighted by molar-refractivity contribution is 0.0972. The average molecular weight is 172 g/mol. The lowest BCUT2D eigenvalue weighted by atomic mass is 9.78. The molecular weight excluding hydrogens is 148 g/mol. The lowest BCUT2D eigenvalue weighted by Crippen LogP contribution is -2.23. The molecular formula is C11H24O. The first-order chi connectivity index (χ1) is 5.54. The van der Waals surface area contributed by atoms with Gasteiger partial charge in [0.15, 0.2) is 0 Å². The first kappa shape index (κ1) is 12.0. The van der Waals surface area contributed by atoms with Gasteiger partial charge in [-0.05, 0) is 24.7 Å². The van der Waals surface area contributed by atoms with E-state index in [9.17, 15) is 0 Å². The molecule has 0 N–H and O–H groups in total. The summed E-state index contributed by atoms with van der Waals surface area (Å²) >= 11 is 0. The van der Waals surface area contributed by atoms with Crippen LogP contribution in [0.25, 0.3) is 0 Å². The number of ether oxygens (including phenoxy) is 1. The maximum Gasteiger partial charge on any atom is 0.0553 e. The van der Waals surface area contributed by atoms with Crippen LogP contribution in [0.2, 0.25) is 0 Å². The van der Waals surface area contributed by atoms with Crippen LogP contribution < -0.4 is 0 Å². The molecule has 1 heteroatoms. The molecule has 2 unspecified atom stereocenters. The molecule has 0 spiro atoms. The standard InChI is InChI=1S/C9H18O.C2H6/c1-7(2)9(4)5-8(3)10-6-9;1-2/h7-8H,5-6H2,1-4H3;1-2H3. The highest BCUT2D eigenvalue weighted by Crippen LogP contribution is 2.38. The molecule has 0 aromatic rings. The van der Waals surface area contributed by atoms with Gasteiger partial charge in [-0.1, -0.05) is 34.6 Å². The van der Waals surface area contributed by atoms with Crippen LogP contribution in [-0.2, 0) is 4.74 Å². The van der Waals surface area contributed by atoms with Gasteiger partial charge in [-0.2, -0.15) is 0 Å². The summed E-state index contributed by atoms with van der Waals surface area (Å²) in [4.78, 5) is 0. The molecule has 1 saturated heterocycles. The molecule has 74 valence electrons. The summed E-state index contributed by atoms with van der Waals surface area (Å²) in [6.45, 7) is 14.0. The van der Waals surface area contributed by atoms with Crippen molar-refractivity contribution in [2.75, 3.05) is 6.61 Å². The Morgan fingerprint density at radius 2 is 1.83 bits per heavy atom. The first-order valence-electron chi connectivity index (χ1n) is 5.16. The smallest absolute Gasteiger partial charge is 0.0553 e. The predicted molar refractivity (Wildman–Crippen MR) is 54.3 cm³/mol. The normalized spacial score (nSPS) is 34.8. The predicted octanol–water partition coefficient (Wildman–Crippen LogP) is 3.48. The van der Waals surface area contributed by atoms with Crippen molar-refractivity contribution in [2.45, 2.75) is 54.1 Å². The molecule has 0 bridgehead atoms. The van der Waals surface area contributed by atoms with Gasteiger partial charge in [0.2, 0.25) is 0 Å². The third kappa shape index (κ3) is 2.78. The van der Waals surface area contributed by atoms with Gasteiger partial charge in [-0.15, -0.1) is 0 Å². The minimum Gasteiger partial charge on any atom is -0.378 e. The van der Waals surface area contributed by atoms with Gasteiger partial charge < -0.3 is 4.74 Å². The van der Waals surface area contributed by atoms with E-state index >= 15 is 0 Å². The molecule has 0 radical (unpaired) electrons. The van der Waals surface area contributed by atoms with Crippen molar-refractivity contribution in [2.24, 2.45) is 11.3 Å². The Balaban J connectivity index is 0.000000561. The second-order valence-electron chi connectivity index (χ2n) is 4.13. The van der Waals surface area contributed by atoms with E-state index in [1.54, 1.807) is 0 Å². The van der Waals surface area contributed by atoms with Gasteiger partial charge in [-0.25, -0.2) is 0 Å². The highest BCUT2D eigenvalue weighted by atomic mass is 16.5. The molecule has 2 atom stereocenters. The Labute approximate surface area is 77.5 Å². The molecule has 1 heterocycles. The Morgan fingerprint density at radius 1 is 1.33 bits per heavy atom. The van der Waals surface area contributed by atoms with Gasteiger partial charge in [0.25, 0.3) is 0 Å². The van der Waals surface area contributed by atoms with E-state index < -0.39 is 0 Å². The van der Waals surface area contributed by atoms with Gasteiger partial charge in [0, 0.05) is 0 Å². The van der Waals surface area contributed by atoms with Gasteiger partial charge in [-0.3, -0.25) is 0 Å². The monoisotopic (exact) mass is 172 g/mol. The summed E-state index contributed by atoms with van der Waals surface area (Å²) < 4.78 is 5.53. The molecule has 0 saturated carbocycles. The van der Waals surface area contributed by atoms with Crippen molar-refractivity contribution in [1.82, 2.24) is 0 Å². The molecule has 0 amide bonds. The second-order valence-corrected chi connectivity index (χ2v) is 4.13. The molecule has 0 aromatic heterocycles. The molecule has 1 rings (SSSR count). The van der Waals surface area contributed by atoms with E-state index in [2.05, 4.69) is 27.7 Å². The van der Waals surface area contributed by atoms with E-state index in [0.29, 0.717) is 11.5 Å². The van der Waals surface area contributed by atoms with Gasteiger partial charge in [0.05, 0.1) is 12.7 Å². The molecule has 0 aliphatic carbocycles. The third-order valence-corrected chi connectivity index (χ3v) is 2.85. The summed E-state index contributed by atoms with van der Waals surface area (Å²) in [5, 5.41) is 0. The Kier molecular flexibility index (Phi) is 4.84. The Morgan fingerprint density at radius 3 is 2.00 bits per heavy atom. The van der Waals surface area contributed by atoms with Crippen LogP contribution in [0.3, 0.4) is 0 Å². The maximum absolute atomic E-state index is 5.53. The Hall–Kier alpha value is -0.0400. The third-order valence-electron chi connectivity index (χ3n) is 2.85. The van der Waals surface area contributed by atoms with E-state index in [-0.39, 0.29) is 0 Å². The van der Waals surface area contributed by atoms with Crippen LogP contribution in [0.5, 0.6) is 0 Å². The highest BCUT2D eigenvalue weighted by molar-refractivity contribution is 4.84. The molecule has 12 heavy (non-hydrogen) atoms. The summed E-state index contributed by atoms with van der Waals surface area (Å²) in [5.74, 6) is 0.748. The maximum atomic E-state index is 5.53. The second kappa shape index (κ2) is 4.86. The fraction of sp³-hybridized carbons (Fsp3) is 1.00. The summed E-state index contributed by atoms with van der Waals surface area (Å²) in [5.41, 5.74) is 0.444. The highest BCUT2D eigenvalue weighted by Gasteiger charge is 2.36. The van der Waals surface area contributed by atoms with Crippen molar-refractivity contribution < 1.29 is 4.74 Å². The number of hydrogen-bond acceptors (Lipinski definition) is 1. The minimum absolute atomic E-state index is 0.444. The quantitative estimate of drug-likeness (QED) is 0.588. The van der Waals surface area contributed by atoms with E-state index in [1.165, 1.54) is 6.42 Å². The van der Waals surface area contributed by atoms with Crippen molar-refractivity contribution in [1.29, 1.82) is 0 Å². The molecule has 0 aromatic carbocycles. The van der Waals surface area contributed by atoms with Crippen LogP contribution in [0.15, 0.2) is 0 Å². The van der Waals surface area contributed by atoms with E-state index in [1.807, 2.05) is 13.8 Å². The van der Waals surface area contributed by atoms with Crippen molar-refractivity contribution in [3.8, 4) is 0 Å². The SMILES string of the molecule is CC.CC1CC(C)(C(C)C)CO1. The van der Waals surface area contributed by atoms with Crippen LogP contribution in [0.1, 0.15) is 48.0 Å². The average Bonchev–Trinajstić information content (AvgIpc) is 2.37. The fourth-order valence-electron chi connectivity index (χ4n) is 1.51. The molecule has 1 nitrogen and oxygen atoms in total. The van der Waals surface area contributed by atoms with Crippen molar-refractivity contribution >= 4 is 0 Å². The van der Waals surface area contributed by atoms with Crippen LogP contribution >= 0.6 is 0 Å². The summed E-state index contributed by atoms with van der Waals surface area (Å²) in [6.07, 6.45) is 1.71. The molecule has 1 aliphatic heterocycles. The first-order valence-corrected chi connectivity index (χ1v) is 5.16. The number of rotatable bonds is 1. The minimum atomic E-state index is 0.444. The summed E-state index contributed by atoms with van der Waals surface area (Å²) in [7, 11) is 0. The number of hydrogen-bond donors (Lipinski definition) is 0. The molecule has 1 fully saturated rings. The zero-order valence-corrected chi connectivity index (χ0v) is 9.48. The zero-order valence-electron chi connectivity index (χ0n) is 9.48. The van der Waals surface area contributed by atoms with Crippen molar-refractivity contribution in [3.63, 3.8) is 0 Å². The largest absolute Gasteiger partial charge is 0.378 e. The topological polar surface area (TPSA) is 9.23 Å². The lowest BCUT2D eigenvalue weighted by Gasteiger charge is -2.26. The van der Waals surface area contributed by atoms with Crippen LogP contribution in [-0.4, -0.2) is 12.7 Å².